The van der Waals surface area contributed by atoms with Crippen molar-refractivity contribution in [1.82, 2.24) is 0 Å². The first-order valence-corrected chi connectivity index (χ1v) is 3.72. The molecule has 0 aliphatic rings. The number of carbonyl (C=O) groups excluding carboxylic acids is 1. The number of rotatable bonds is 2. The summed E-state index contributed by atoms with van der Waals surface area (Å²) in [6.45, 7) is 5.01. The predicted octanol–water partition coefficient (Wildman–Crippen LogP) is 1.41. The zero-order chi connectivity index (χ0) is 9.56. The highest BCUT2D eigenvalue weighted by Crippen LogP contribution is 1.90. The number of hydrogen-bond donors (Lipinski definition) is 1. The summed E-state index contributed by atoms with van der Waals surface area (Å²) in [7, 11) is 0. The van der Waals surface area contributed by atoms with Gasteiger partial charge in [-0.15, -0.1) is 0 Å². The van der Waals surface area contributed by atoms with Gasteiger partial charge in [0.15, 0.2) is 0 Å². The third-order valence-corrected chi connectivity index (χ3v) is 1.07. The molecule has 66 valence electrons. The average Bonchev–Trinajstić information content (AvgIpc) is 1.84. The number of amides is 1. The zero-order valence-electron chi connectivity index (χ0n) is 7.66. The van der Waals surface area contributed by atoms with Crippen LogP contribution < -0.4 is 5.73 Å². The molecule has 0 aromatic heterocycles. The van der Waals surface area contributed by atoms with E-state index in [2.05, 4.69) is 4.99 Å². The summed E-state index contributed by atoms with van der Waals surface area (Å²) in [5.41, 5.74) is 6.76. The Kier molecular flexibility index (Phi) is 4.69. The highest BCUT2D eigenvalue weighted by atomic mass is 16.1. The lowest BCUT2D eigenvalue weighted by Crippen LogP contribution is -1.98. The molecule has 0 rings (SSSR count). The first-order valence-electron chi connectivity index (χ1n) is 3.72. The number of aliphatic imine (C=N–C) groups is 1. The van der Waals surface area contributed by atoms with E-state index in [0.717, 1.165) is 0 Å². The molecule has 0 aliphatic heterocycles. The van der Waals surface area contributed by atoms with E-state index < -0.39 is 0 Å². The topological polar surface area (TPSA) is 55.4 Å². The number of allylic oxidation sites excluding steroid dienone is 3. The summed E-state index contributed by atoms with van der Waals surface area (Å²) >= 11 is 0. The van der Waals surface area contributed by atoms with Gasteiger partial charge >= 0.3 is 0 Å². The van der Waals surface area contributed by atoms with E-state index in [9.17, 15) is 4.79 Å². The van der Waals surface area contributed by atoms with Crippen LogP contribution in [-0.4, -0.2) is 11.6 Å². The Bertz CT molecular complexity index is 249. The first kappa shape index (κ1) is 10.6. The quantitative estimate of drug-likeness (QED) is 0.498. The van der Waals surface area contributed by atoms with Gasteiger partial charge in [-0.3, -0.25) is 4.79 Å². The molecule has 0 atom stereocenters. The van der Waals surface area contributed by atoms with Crippen molar-refractivity contribution in [3.8, 4) is 0 Å². The molecule has 0 bridgehead atoms. The minimum atomic E-state index is -0.211. The van der Waals surface area contributed by atoms with Crippen LogP contribution >= 0.6 is 0 Å². The maximum Gasteiger partial charge on any atom is 0.242 e. The third kappa shape index (κ3) is 5.41. The van der Waals surface area contributed by atoms with Gasteiger partial charge in [0.2, 0.25) is 5.91 Å². The van der Waals surface area contributed by atoms with E-state index in [1.165, 1.54) is 6.92 Å². The summed E-state index contributed by atoms with van der Waals surface area (Å²) in [4.78, 5) is 14.2. The number of carbonyl (C=O) groups is 1. The van der Waals surface area contributed by atoms with E-state index in [0.29, 0.717) is 11.4 Å². The van der Waals surface area contributed by atoms with Gasteiger partial charge < -0.3 is 5.73 Å². The van der Waals surface area contributed by atoms with E-state index in [4.69, 9.17) is 5.73 Å². The molecule has 0 saturated heterocycles. The van der Waals surface area contributed by atoms with Crippen molar-refractivity contribution >= 4 is 11.6 Å². The summed E-state index contributed by atoms with van der Waals surface area (Å²) in [6, 6.07) is 0. The lowest BCUT2D eigenvalue weighted by molar-refractivity contribution is -0.115. The van der Waals surface area contributed by atoms with Crippen LogP contribution in [0.15, 0.2) is 28.9 Å². The van der Waals surface area contributed by atoms with Crippen LogP contribution in [0.1, 0.15) is 20.8 Å². The summed E-state index contributed by atoms with van der Waals surface area (Å²) in [5, 5.41) is 0. The Morgan fingerprint density at radius 1 is 1.42 bits per heavy atom. The van der Waals surface area contributed by atoms with Gasteiger partial charge in [-0.1, -0.05) is 6.08 Å². The number of nitrogens with two attached hydrogens (primary N) is 1. The van der Waals surface area contributed by atoms with Crippen LogP contribution in [0.25, 0.3) is 0 Å². The molecule has 0 unspecified atom stereocenters. The number of hydrogen-bond acceptors (Lipinski definition) is 2. The molecule has 0 radical (unpaired) electrons. The van der Waals surface area contributed by atoms with Crippen molar-refractivity contribution in [1.29, 1.82) is 0 Å². The standard InChI is InChI=1S/C9H14N2O/c1-4-5-9(10)6-7(2)11-8(3)12/h4-6H,10H2,1-3H3/b5-4-,9-6?,11-7?. The minimum Gasteiger partial charge on any atom is -0.399 e. The fraction of sp³-hybridized carbons (Fsp3) is 0.333. The van der Waals surface area contributed by atoms with Crippen molar-refractivity contribution in [2.75, 3.05) is 0 Å². The number of nitrogens with zero attached hydrogens (tertiary/aromatic N) is 1. The molecular formula is C9H14N2O. The maximum atomic E-state index is 10.5. The largest absolute Gasteiger partial charge is 0.399 e. The summed E-state index contributed by atoms with van der Waals surface area (Å²) < 4.78 is 0. The van der Waals surface area contributed by atoms with Gasteiger partial charge in [0.05, 0.1) is 0 Å². The van der Waals surface area contributed by atoms with E-state index in [1.54, 1.807) is 19.1 Å². The van der Waals surface area contributed by atoms with Crippen LogP contribution in [0, 0.1) is 0 Å². The minimum absolute atomic E-state index is 0.211. The molecule has 0 aromatic carbocycles. The second-order valence-electron chi connectivity index (χ2n) is 2.42. The molecule has 3 nitrogen and oxygen atoms in total. The molecule has 3 heteroatoms. The summed E-state index contributed by atoms with van der Waals surface area (Å²) in [5.74, 6) is -0.211. The van der Waals surface area contributed by atoms with Gasteiger partial charge in [0.1, 0.15) is 0 Å². The molecule has 0 saturated carbocycles. The Hall–Kier alpha value is -1.38. The fourth-order valence-corrected chi connectivity index (χ4v) is 0.762. The van der Waals surface area contributed by atoms with Crippen LogP contribution in [0.5, 0.6) is 0 Å². The van der Waals surface area contributed by atoms with Crippen LogP contribution in [0.2, 0.25) is 0 Å². The third-order valence-electron chi connectivity index (χ3n) is 1.07. The smallest absolute Gasteiger partial charge is 0.242 e. The van der Waals surface area contributed by atoms with E-state index in [1.807, 2.05) is 13.0 Å². The lowest BCUT2D eigenvalue weighted by Gasteiger charge is -1.92. The van der Waals surface area contributed by atoms with Crippen molar-refractivity contribution in [2.45, 2.75) is 20.8 Å². The van der Waals surface area contributed by atoms with Crippen LogP contribution in [0.4, 0.5) is 0 Å². The molecule has 12 heavy (non-hydrogen) atoms. The Balaban J connectivity index is 4.42. The van der Waals surface area contributed by atoms with E-state index >= 15 is 0 Å². The monoisotopic (exact) mass is 166 g/mol. The molecule has 1 amide bonds. The highest BCUT2D eigenvalue weighted by Gasteiger charge is 1.89. The van der Waals surface area contributed by atoms with Gasteiger partial charge in [-0.25, -0.2) is 4.99 Å². The zero-order valence-corrected chi connectivity index (χ0v) is 7.66. The average molecular weight is 166 g/mol. The maximum absolute atomic E-state index is 10.5. The van der Waals surface area contributed by atoms with Gasteiger partial charge in [0.25, 0.3) is 0 Å². The molecular weight excluding hydrogens is 152 g/mol. The first-order chi connectivity index (χ1) is 5.56. The molecule has 0 heterocycles. The SMILES string of the molecule is C/C=C\C(N)=CC(C)=NC(C)=O. The van der Waals surface area contributed by atoms with Crippen molar-refractivity contribution in [2.24, 2.45) is 10.7 Å². The lowest BCUT2D eigenvalue weighted by atomic mass is 10.3. The van der Waals surface area contributed by atoms with Crippen molar-refractivity contribution in [3.63, 3.8) is 0 Å². The normalized spacial score (nSPS) is 13.9. The van der Waals surface area contributed by atoms with Gasteiger partial charge in [-0.05, 0) is 26.0 Å². The van der Waals surface area contributed by atoms with Crippen LogP contribution in [-0.2, 0) is 4.79 Å². The van der Waals surface area contributed by atoms with Crippen molar-refractivity contribution in [3.05, 3.63) is 23.9 Å². The second kappa shape index (κ2) is 5.29. The second-order valence-corrected chi connectivity index (χ2v) is 2.42. The summed E-state index contributed by atoms with van der Waals surface area (Å²) in [6.07, 6.45) is 5.23. The van der Waals surface area contributed by atoms with Gasteiger partial charge in [-0.2, -0.15) is 0 Å². The molecule has 2 N–H and O–H groups in total. The Labute approximate surface area is 72.7 Å². The molecule has 0 spiro atoms. The highest BCUT2D eigenvalue weighted by molar-refractivity contribution is 6.00. The molecule has 0 aliphatic carbocycles. The molecule has 0 aromatic rings. The van der Waals surface area contributed by atoms with Crippen molar-refractivity contribution < 1.29 is 4.79 Å². The fourth-order valence-electron chi connectivity index (χ4n) is 0.762. The van der Waals surface area contributed by atoms with E-state index in [-0.39, 0.29) is 5.91 Å². The van der Waals surface area contributed by atoms with Gasteiger partial charge in [0, 0.05) is 18.3 Å². The Morgan fingerprint density at radius 3 is 2.42 bits per heavy atom. The molecule has 0 fully saturated rings. The Morgan fingerprint density at radius 2 is 2.00 bits per heavy atom. The predicted molar refractivity (Wildman–Crippen MR) is 50.9 cm³/mol. The van der Waals surface area contributed by atoms with Crippen LogP contribution in [0.3, 0.4) is 0 Å².